The number of carbonyl (C=O) groups is 1. The van der Waals surface area contributed by atoms with E-state index in [0.29, 0.717) is 16.8 Å². The van der Waals surface area contributed by atoms with Crippen molar-refractivity contribution in [3.8, 4) is 5.75 Å². The Balaban J connectivity index is 1.63. The first-order valence-corrected chi connectivity index (χ1v) is 10.7. The number of hydrogen-bond donors (Lipinski definition) is 1. The molecule has 0 aliphatic carbocycles. The molecule has 6 nitrogen and oxygen atoms in total. The van der Waals surface area contributed by atoms with E-state index in [1.165, 1.54) is 47.8 Å². The van der Waals surface area contributed by atoms with Crippen molar-refractivity contribution in [3.63, 3.8) is 0 Å². The highest BCUT2D eigenvalue weighted by Crippen LogP contribution is 2.22. The van der Waals surface area contributed by atoms with Crippen LogP contribution in [0.1, 0.15) is 15.9 Å². The van der Waals surface area contributed by atoms with Crippen LogP contribution in [0.15, 0.2) is 83.8 Å². The van der Waals surface area contributed by atoms with Gasteiger partial charge in [-0.3, -0.25) is 9.10 Å². The van der Waals surface area contributed by atoms with Gasteiger partial charge in [0.05, 0.1) is 10.6 Å². The smallest absolute Gasteiger partial charge is 0.387 e. The minimum absolute atomic E-state index is 0.0299. The van der Waals surface area contributed by atoms with E-state index in [2.05, 4.69) is 10.1 Å². The van der Waals surface area contributed by atoms with Gasteiger partial charge in [-0.15, -0.1) is 0 Å². The van der Waals surface area contributed by atoms with Crippen molar-refractivity contribution >= 4 is 21.6 Å². The van der Waals surface area contributed by atoms with Crippen molar-refractivity contribution in [2.24, 2.45) is 0 Å². The van der Waals surface area contributed by atoms with Crippen LogP contribution in [0.25, 0.3) is 0 Å². The van der Waals surface area contributed by atoms with Crippen LogP contribution in [-0.4, -0.2) is 28.0 Å². The Labute approximate surface area is 179 Å². The van der Waals surface area contributed by atoms with E-state index < -0.39 is 22.5 Å². The molecule has 0 aliphatic rings. The van der Waals surface area contributed by atoms with Gasteiger partial charge in [0, 0.05) is 19.2 Å². The fourth-order valence-corrected chi connectivity index (χ4v) is 3.98. The van der Waals surface area contributed by atoms with E-state index in [-0.39, 0.29) is 17.2 Å². The summed E-state index contributed by atoms with van der Waals surface area (Å²) in [5.41, 5.74) is 1.51. The van der Waals surface area contributed by atoms with Crippen LogP contribution in [0.5, 0.6) is 5.75 Å². The maximum absolute atomic E-state index is 12.8. The van der Waals surface area contributed by atoms with E-state index in [9.17, 15) is 22.0 Å². The molecule has 0 atom stereocenters. The van der Waals surface area contributed by atoms with Gasteiger partial charge in [0.25, 0.3) is 15.9 Å². The molecule has 0 fully saturated rings. The Morgan fingerprint density at radius 3 is 2.16 bits per heavy atom. The summed E-state index contributed by atoms with van der Waals surface area (Å²) in [5, 5.41) is 2.69. The summed E-state index contributed by atoms with van der Waals surface area (Å²) in [5.74, 6) is -0.365. The molecule has 0 bridgehead atoms. The molecule has 3 aromatic rings. The lowest BCUT2D eigenvalue weighted by Gasteiger charge is -2.19. The standard InChI is InChI=1S/C22H20F2N2O4S/c1-26(18-5-3-2-4-6-18)31(28,29)20-13-9-17(10-14-20)21(27)25-15-16-7-11-19(12-8-16)30-22(23)24/h2-14,22H,15H2,1H3,(H,25,27). The quantitative estimate of drug-likeness (QED) is 0.567. The van der Waals surface area contributed by atoms with Crippen molar-refractivity contribution in [2.75, 3.05) is 11.4 Å². The molecule has 0 unspecified atom stereocenters. The third-order valence-corrected chi connectivity index (χ3v) is 6.30. The molecule has 3 aromatic carbocycles. The number of carbonyl (C=O) groups excluding carboxylic acids is 1. The molecule has 0 aliphatic heterocycles. The van der Waals surface area contributed by atoms with Gasteiger partial charge in [-0.1, -0.05) is 30.3 Å². The Hall–Kier alpha value is -3.46. The minimum atomic E-state index is -3.77. The van der Waals surface area contributed by atoms with Crippen molar-refractivity contribution < 1.29 is 26.7 Å². The van der Waals surface area contributed by atoms with Crippen LogP contribution < -0.4 is 14.4 Å². The molecule has 0 heterocycles. The highest BCUT2D eigenvalue weighted by molar-refractivity contribution is 7.92. The van der Waals surface area contributed by atoms with Crippen LogP contribution in [0, 0.1) is 0 Å². The van der Waals surface area contributed by atoms with Gasteiger partial charge in [-0.2, -0.15) is 8.78 Å². The summed E-state index contributed by atoms with van der Waals surface area (Å²) in [7, 11) is -2.30. The van der Waals surface area contributed by atoms with E-state index in [1.807, 2.05) is 0 Å². The predicted molar refractivity (Wildman–Crippen MR) is 113 cm³/mol. The molecule has 31 heavy (non-hydrogen) atoms. The minimum Gasteiger partial charge on any atom is -0.435 e. The first-order valence-electron chi connectivity index (χ1n) is 9.23. The zero-order valence-electron chi connectivity index (χ0n) is 16.5. The number of benzene rings is 3. The third-order valence-electron chi connectivity index (χ3n) is 4.50. The van der Waals surface area contributed by atoms with Crippen LogP contribution in [0.3, 0.4) is 0 Å². The van der Waals surface area contributed by atoms with E-state index in [0.717, 1.165) is 0 Å². The molecule has 1 amide bonds. The second kappa shape index (κ2) is 9.57. The van der Waals surface area contributed by atoms with E-state index in [4.69, 9.17) is 0 Å². The molecule has 9 heteroatoms. The van der Waals surface area contributed by atoms with Crippen molar-refractivity contribution in [1.29, 1.82) is 0 Å². The Kier molecular flexibility index (Phi) is 6.86. The summed E-state index contributed by atoms with van der Waals surface area (Å²) in [6.07, 6.45) is 0. The van der Waals surface area contributed by atoms with Gasteiger partial charge in [0.1, 0.15) is 5.75 Å². The number of rotatable bonds is 8. The molecule has 0 saturated heterocycles. The Morgan fingerprint density at radius 2 is 1.58 bits per heavy atom. The SMILES string of the molecule is CN(c1ccccc1)S(=O)(=O)c1ccc(C(=O)NCc2ccc(OC(F)F)cc2)cc1. The van der Waals surface area contributed by atoms with Crippen molar-refractivity contribution in [1.82, 2.24) is 5.32 Å². The number of ether oxygens (including phenoxy) is 1. The lowest BCUT2D eigenvalue weighted by molar-refractivity contribution is -0.0498. The van der Waals surface area contributed by atoms with Gasteiger partial charge >= 0.3 is 6.61 Å². The molecule has 1 N–H and O–H groups in total. The molecule has 0 aromatic heterocycles. The summed E-state index contributed by atoms with van der Waals surface area (Å²) >= 11 is 0. The average molecular weight is 446 g/mol. The maximum Gasteiger partial charge on any atom is 0.387 e. The van der Waals surface area contributed by atoms with Gasteiger partial charge in [-0.05, 0) is 54.1 Å². The van der Waals surface area contributed by atoms with Gasteiger partial charge < -0.3 is 10.1 Å². The van der Waals surface area contributed by atoms with Crippen LogP contribution in [-0.2, 0) is 16.6 Å². The van der Waals surface area contributed by atoms with Gasteiger partial charge in [0.2, 0.25) is 0 Å². The highest BCUT2D eigenvalue weighted by atomic mass is 32.2. The summed E-state index contributed by atoms with van der Waals surface area (Å²) in [6.45, 7) is -2.73. The lowest BCUT2D eigenvalue weighted by Crippen LogP contribution is -2.27. The molecule has 162 valence electrons. The van der Waals surface area contributed by atoms with Crippen LogP contribution in [0.4, 0.5) is 14.5 Å². The monoisotopic (exact) mass is 446 g/mol. The molecular formula is C22H20F2N2O4S. The Bertz CT molecular complexity index is 1120. The van der Waals surface area contributed by atoms with Gasteiger partial charge in [0.15, 0.2) is 0 Å². The number of para-hydroxylation sites is 1. The number of nitrogens with one attached hydrogen (secondary N) is 1. The third kappa shape index (κ3) is 5.58. The normalized spacial score (nSPS) is 11.2. The number of anilines is 1. The number of halogens is 2. The number of hydrogen-bond acceptors (Lipinski definition) is 4. The fraction of sp³-hybridized carbons (Fsp3) is 0.136. The predicted octanol–water partition coefficient (Wildman–Crippen LogP) is 4.04. The zero-order valence-corrected chi connectivity index (χ0v) is 17.4. The Morgan fingerprint density at radius 1 is 0.968 bits per heavy atom. The van der Waals surface area contributed by atoms with Gasteiger partial charge in [-0.25, -0.2) is 8.42 Å². The first-order chi connectivity index (χ1) is 14.8. The number of nitrogens with zero attached hydrogens (tertiary/aromatic N) is 1. The molecule has 0 spiro atoms. The molecular weight excluding hydrogens is 426 g/mol. The largest absolute Gasteiger partial charge is 0.435 e. The lowest BCUT2D eigenvalue weighted by atomic mass is 10.2. The summed E-state index contributed by atoms with van der Waals surface area (Å²) in [6, 6.07) is 20.2. The molecule has 3 rings (SSSR count). The number of alkyl halides is 2. The zero-order chi connectivity index (χ0) is 22.4. The van der Waals surface area contributed by atoms with E-state index in [1.54, 1.807) is 42.5 Å². The highest BCUT2D eigenvalue weighted by Gasteiger charge is 2.21. The second-order valence-corrected chi connectivity index (χ2v) is 8.51. The second-order valence-electron chi connectivity index (χ2n) is 6.54. The van der Waals surface area contributed by atoms with E-state index >= 15 is 0 Å². The molecule has 0 radical (unpaired) electrons. The van der Waals surface area contributed by atoms with Crippen LogP contribution in [0.2, 0.25) is 0 Å². The van der Waals surface area contributed by atoms with Crippen molar-refractivity contribution in [3.05, 3.63) is 90.0 Å². The fourth-order valence-electron chi connectivity index (χ4n) is 2.79. The summed E-state index contributed by atoms with van der Waals surface area (Å²) in [4.78, 5) is 12.4. The molecule has 0 saturated carbocycles. The first kappa shape index (κ1) is 22.2. The van der Waals surface area contributed by atoms with Crippen LogP contribution >= 0.6 is 0 Å². The topological polar surface area (TPSA) is 75.7 Å². The summed E-state index contributed by atoms with van der Waals surface area (Å²) < 4.78 is 55.4. The number of amides is 1. The average Bonchev–Trinajstić information content (AvgIpc) is 2.78. The maximum atomic E-state index is 12.8. The number of sulfonamides is 1. The van der Waals surface area contributed by atoms with Crippen molar-refractivity contribution in [2.45, 2.75) is 18.1 Å².